The number of carboxylic acids is 1. The second-order valence-corrected chi connectivity index (χ2v) is 5.87. The van der Waals surface area contributed by atoms with E-state index in [2.05, 4.69) is 5.32 Å². The van der Waals surface area contributed by atoms with Gasteiger partial charge in [0, 0.05) is 9.92 Å². The highest BCUT2D eigenvalue weighted by molar-refractivity contribution is 8.00. The van der Waals surface area contributed by atoms with Gasteiger partial charge >= 0.3 is 5.97 Å². The van der Waals surface area contributed by atoms with Crippen molar-refractivity contribution in [2.45, 2.75) is 36.5 Å². The van der Waals surface area contributed by atoms with Crippen molar-refractivity contribution in [1.29, 1.82) is 0 Å². The predicted octanol–water partition coefficient (Wildman–Crippen LogP) is 2.80. The van der Waals surface area contributed by atoms with Gasteiger partial charge in [-0.2, -0.15) is 0 Å². The average molecular weight is 302 g/mol. The molecule has 0 spiro atoms. The number of carbonyl (C=O) groups excluding carboxylic acids is 1. The van der Waals surface area contributed by atoms with E-state index in [0.29, 0.717) is 11.4 Å². The molecule has 0 aliphatic rings. The molecule has 1 aromatic rings. The smallest absolute Gasteiger partial charge is 0.326 e. The van der Waals surface area contributed by atoms with Crippen molar-refractivity contribution in [3.05, 3.63) is 29.3 Å². The fourth-order valence-electron chi connectivity index (χ4n) is 1.40. The SMILES string of the molecule is CC[C@H](NC(=O)C(C)Sc1ccc(Cl)cc1)C(=O)O. The lowest BCUT2D eigenvalue weighted by molar-refractivity contribution is -0.141. The third kappa shape index (κ3) is 5.12. The Morgan fingerprint density at radius 1 is 1.37 bits per heavy atom. The second-order valence-electron chi connectivity index (χ2n) is 4.02. The van der Waals surface area contributed by atoms with E-state index in [4.69, 9.17) is 16.7 Å². The van der Waals surface area contributed by atoms with Crippen LogP contribution in [0.3, 0.4) is 0 Å². The summed E-state index contributed by atoms with van der Waals surface area (Å²) in [5.74, 6) is -1.30. The van der Waals surface area contributed by atoms with Crippen molar-refractivity contribution in [2.24, 2.45) is 0 Å². The number of rotatable bonds is 6. The summed E-state index contributed by atoms with van der Waals surface area (Å²) in [4.78, 5) is 23.6. The molecule has 19 heavy (non-hydrogen) atoms. The number of halogens is 1. The Balaban J connectivity index is 2.57. The Hall–Kier alpha value is -1.20. The van der Waals surface area contributed by atoms with E-state index >= 15 is 0 Å². The van der Waals surface area contributed by atoms with Crippen LogP contribution in [0.5, 0.6) is 0 Å². The van der Waals surface area contributed by atoms with Crippen LogP contribution in [0.1, 0.15) is 20.3 Å². The lowest BCUT2D eigenvalue weighted by Gasteiger charge is -2.16. The van der Waals surface area contributed by atoms with Gasteiger partial charge in [0.15, 0.2) is 0 Å². The van der Waals surface area contributed by atoms with Gasteiger partial charge in [-0.1, -0.05) is 18.5 Å². The molecule has 6 heteroatoms. The number of carboxylic acid groups (broad SMARTS) is 1. The van der Waals surface area contributed by atoms with Crippen molar-refractivity contribution >= 4 is 35.2 Å². The molecule has 0 heterocycles. The summed E-state index contributed by atoms with van der Waals surface area (Å²) in [6, 6.07) is 6.32. The molecule has 1 amide bonds. The topological polar surface area (TPSA) is 66.4 Å². The summed E-state index contributed by atoms with van der Waals surface area (Å²) < 4.78 is 0. The van der Waals surface area contributed by atoms with Crippen LogP contribution in [0.2, 0.25) is 5.02 Å². The van der Waals surface area contributed by atoms with E-state index in [1.165, 1.54) is 11.8 Å². The molecule has 104 valence electrons. The van der Waals surface area contributed by atoms with Crippen LogP contribution in [0, 0.1) is 0 Å². The van der Waals surface area contributed by atoms with Crippen molar-refractivity contribution in [1.82, 2.24) is 5.32 Å². The lowest BCUT2D eigenvalue weighted by Crippen LogP contribution is -2.43. The molecule has 1 unspecified atom stereocenters. The van der Waals surface area contributed by atoms with E-state index in [1.807, 2.05) is 12.1 Å². The number of carbonyl (C=O) groups is 2. The molecule has 0 fully saturated rings. The Labute approximate surface area is 121 Å². The fraction of sp³-hybridized carbons (Fsp3) is 0.385. The maximum atomic E-state index is 11.9. The zero-order chi connectivity index (χ0) is 14.4. The van der Waals surface area contributed by atoms with Crippen LogP contribution in [-0.4, -0.2) is 28.3 Å². The molecule has 0 aliphatic carbocycles. The summed E-state index contributed by atoms with van der Waals surface area (Å²) >= 11 is 7.14. The van der Waals surface area contributed by atoms with E-state index in [-0.39, 0.29) is 11.2 Å². The van der Waals surface area contributed by atoms with Crippen molar-refractivity contribution < 1.29 is 14.7 Å². The van der Waals surface area contributed by atoms with Crippen molar-refractivity contribution in [2.75, 3.05) is 0 Å². The van der Waals surface area contributed by atoms with Gasteiger partial charge in [0.1, 0.15) is 6.04 Å². The predicted molar refractivity (Wildman–Crippen MR) is 76.6 cm³/mol. The summed E-state index contributed by atoms with van der Waals surface area (Å²) in [7, 11) is 0. The number of hydrogen-bond donors (Lipinski definition) is 2. The van der Waals surface area contributed by atoms with Crippen LogP contribution in [-0.2, 0) is 9.59 Å². The molecule has 4 nitrogen and oxygen atoms in total. The summed E-state index contributed by atoms with van der Waals surface area (Å²) in [6.45, 7) is 3.46. The van der Waals surface area contributed by atoms with Crippen LogP contribution < -0.4 is 5.32 Å². The first kappa shape index (κ1) is 15.9. The molecule has 2 atom stereocenters. The van der Waals surface area contributed by atoms with Gasteiger partial charge in [-0.05, 0) is 37.6 Å². The van der Waals surface area contributed by atoms with Crippen LogP contribution in [0.4, 0.5) is 0 Å². The van der Waals surface area contributed by atoms with Gasteiger partial charge in [0.25, 0.3) is 0 Å². The summed E-state index contributed by atoms with van der Waals surface area (Å²) in [5.41, 5.74) is 0. The first-order valence-electron chi connectivity index (χ1n) is 5.89. The number of aliphatic carboxylic acids is 1. The summed E-state index contributed by atoms with van der Waals surface area (Å²) in [6.07, 6.45) is 0.361. The molecular formula is C13H16ClNO3S. The van der Waals surface area contributed by atoms with Gasteiger partial charge in [-0.15, -0.1) is 11.8 Å². The highest BCUT2D eigenvalue weighted by Crippen LogP contribution is 2.24. The van der Waals surface area contributed by atoms with E-state index in [9.17, 15) is 9.59 Å². The maximum absolute atomic E-state index is 11.9. The standard InChI is InChI=1S/C13H16ClNO3S/c1-3-11(13(17)18)15-12(16)8(2)19-10-6-4-9(14)5-7-10/h4-8,11H,3H2,1-2H3,(H,15,16)(H,17,18)/t8?,11-/m0/s1. The second kappa shape index (κ2) is 7.40. The highest BCUT2D eigenvalue weighted by Gasteiger charge is 2.21. The Morgan fingerprint density at radius 2 is 1.95 bits per heavy atom. The third-order valence-electron chi connectivity index (χ3n) is 2.52. The number of thioether (sulfide) groups is 1. The molecule has 1 aromatic carbocycles. The normalized spacial score (nSPS) is 13.6. The lowest BCUT2D eigenvalue weighted by atomic mass is 10.2. The monoisotopic (exact) mass is 301 g/mol. The van der Waals surface area contributed by atoms with E-state index < -0.39 is 12.0 Å². The van der Waals surface area contributed by atoms with Crippen LogP contribution in [0.15, 0.2) is 29.2 Å². The minimum absolute atomic E-state index is 0.283. The maximum Gasteiger partial charge on any atom is 0.326 e. The van der Waals surface area contributed by atoms with Gasteiger partial charge in [-0.3, -0.25) is 4.79 Å². The van der Waals surface area contributed by atoms with Gasteiger partial charge in [0.2, 0.25) is 5.91 Å². The van der Waals surface area contributed by atoms with Crippen molar-refractivity contribution in [3.63, 3.8) is 0 Å². The first-order chi connectivity index (χ1) is 8.93. The van der Waals surface area contributed by atoms with Gasteiger partial charge < -0.3 is 10.4 Å². The molecule has 0 saturated heterocycles. The number of benzene rings is 1. The minimum atomic E-state index is -1.01. The largest absolute Gasteiger partial charge is 0.480 e. The third-order valence-corrected chi connectivity index (χ3v) is 3.88. The zero-order valence-corrected chi connectivity index (χ0v) is 12.3. The minimum Gasteiger partial charge on any atom is -0.480 e. The average Bonchev–Trinajstić information content (AvgIpc) is 2.37. The van der Waals surface area contributed by atoms with Gasteiger partial charge in [-0.25, -0.2) is 4.79 Å². The quantitative estimate of drug-likeness (QED) is 0.793. The van der Waals surface area contributed by atoms with E-state index in [0.717, 1.165) is 4.90 Å². The number of amides is 1. The van der Waals surface area contributed by atoms with E-state index in [1.54, 1.807) is 26.0 Å². The molecule has 0 aliphatic heterocycles. The molecular weight excluding hydrogens is 286 g/mol. The zero-order valence-electron chi connectivity index (χ0n) is 10.7. The first-order valence-corrected chi connectivity index (χ1v) is 7.15. The molecule has 1 rings (SSSR count). The molecule has 0 radical (unpaired) electrons. The van der Waals surface area contributed by atoms with Gasteiger partial charge in [0.05, 0.1) is 5.25 Å². The Bertz CT molecular complexity index is 450. The molecule has 0 aromatic heterocycles. The molecule has 2 N–H and O–H groups in total. The Morgan fingerprint density at radius 3 is 2.42 bits per heavy atom. The highest BCUT2D eigenvalue weighted by atomic mass is 35.5. The van der Waals surface area contributed by atoms with Crippen LogP contribution >= 0.6 is 23.4 Å². The fourth-order valence-corrected chi connectivity index (χ4v) is 2.40. The number of nitrogens with one attached hydrogen (secondary N) is 1. The van der Waals surface area contributed by atoms with Crippen LogP contribution in [0.25, 0.3) is 0 Å². The number of hydrogen-bond acceptors (Lipinski definition) is 3. The van der Waals surface area contributed by atoms with Crippen molar-refractivity contribution in [3.8, 4) is 0 Å². The summed E-state index contributed by atoms with van der Waals surface area (Å²) in [5, 5.41) is 11.7. The molecule has 0 saturated carbocycles. The molecule has 0 bridgehead atoms. The Kier molecular flexibility index (Phi) is 6.18.